The minimum Gasteiger partial charge on any atom is -0.452 e. The van der Waals surface area contributed by atoms with Crippen LogP contribution in [0.3, 0.4) is 0 Å². The number of hydrogen-bond acceptors (Lipinski definition) is 3. The van der Waals surface area contributed by atoms with Crippen LogP contribution in [0.5, 0.6) is 0 Å². The van der Waals surface area contributed by atoms with E-state index >= 15 is 0 Å². The fourth-order valence-electron chi connectivity index (χ4n) is 1.68. The van der Waals surface area contributed by atoms with E-state index in [1.807, 2.05) is 13.0 Å². The van der Waals surface area contributed by atoms with Gasteiger partial charge in [0.05, 0.1) is 17.9 Å². The van der Waals surface area contributed by atoms with Crippen LogP contribution in [0.25, 0.3) is 0 Å². The molecule has 1 unspecified atom stereocenters. The van der Waals surface area contributed by atoms with Crippen molar-refractivity contribution in [2.24, 2.45) is 0 Å². The highest BCUT2D eigenvalue weighted by Gasteiger charge is 2.23. The molecule has 0 spiro atoms. The van der Waals surface area contributed by atoms with Gasteiger partial charge in [0, 0.05) is 16.8 Å². The van der Waals surface area contributed by atoms with Crippen LogP contribution in [-0.2, 0) is 0 Å². The Bertz CT molecular complexity index is 561. The van der Waals surface area contributed by atoms with Crippen LogP contribution in [0.15, 0.2) is 28.9 Å². The normalized spacial score (nSPS) is 12.4. The van der Waals surface area contributed by atoms with Crippen LogP contribution in [-0.4, -0.2) is 17.9 Å². The van der Waals surface area contributed by atoms with Gasteiger partial charge in [0.1, 0.15) is 0 Å². The van der Waals surface area contributed by atoms with Gasteiger partial charge in [-0.05, 0) is 43.6 Å². The molecule has 3 nitrogen and oxygen atoms in total. The Kier molecular flexibility index (Phi) is 3.78. The second-order valence-corrected chi connectivity index (χ2v) is 5.81. The highest BCUT2D eigenvalue weighted by atomic mass is 35.5. The molecule has 96 valence electrons. The molecule has 18 heavy (non-hydrogen) atoms. The predicted molar refractivity (Wildman–Crippen MR) is 73.3 cm³/mol. The van der Waals surface area contributed by atoms with E-state index in [-0.39, 0.29) is 17.2 Å². The summed E-state index contributed by atoms with van der Waals surface area (Å²) < 4.78 is 4.95. The van der Waals surface area contributed by atoms with Gasteiger partial charge >= 0.3 is 0 Å². The van der Waals surface area contributed by atoms with Crippen LogP contribution >= 0.6 is 22.9 Å². The number of halogens is 1. The highest BCUT2D eigenvalue weighted by molar-refractivity contribution is 7.12. The van der Waals surface area contributed by atoms with Gasteiger partial charge in [-0.2, -0.15) is 0 Å². The molecule has 0 radical (unpaired) electrons. The van der Waals surface area contributed by atoms with E-state index in [0.29, 0.717) is 5.56 Å². The number of nitrogens with zero attached hydrogens (tertiary/aromatic N) is 1. The summed E-state index contributed by atoms with van der Waals surface area (Å²) in [6.07, 6.45) is 1.42. The topological polar surface area (TPSA) is 33.5 Å². The molecule has 0 aliphatic carbocycles. The van der Waals surface area contributed by atoms with E-state index < -0.39 is 0 Å². The van der Waals surface area contributed by atoms with E-state index in [1.165, 1.54) is 11.1 Å². The number of carbonyl (C=O) groups excluding carboxylic acids is 1. The molecule has 2 aromatic rings. The van der Waals surface area contributed by atoms with E-state index in [2.05, 4.69) is 13.0 Å². The SMILES string of the molecule is Cc1ccc(C(C)N(C)C(=O)c2ccoc2Cl)s1. The Hall–Kier alpha value is -1.26. The number of rotatable bonds is 3. The van der Waals surface area contributed by atoms with Gasteiger partial charge in [-0.15, -0.1) is 11.3 Å². The summed E-state index contributed by atoms with van der Waals surface area (Å²) >= 11 is 7.51. The number of carbonyl (C=O) groups is 1. The predicted octanol–water partition coefficient (Wildman–Crippen LogP) is 4.14. The molecule has 5 heteroatoms. The number of thiophene rings is 1. The summed E-state index contributed by atoms with van der Waals surface area (Å²) in [7, 11) is 1.77. The van der Waals surface area contributed by atoms with Crippen molar-refractivity contribution < 1.29 is 9.21 Å². The summed E-state index contributed by atoms with van der Waals surface area (Å²) in [6.45, 7) is 4.05. The van der Waals surface area contributed by atoms with Gasteiger partial charge in [0.25, 0.3) is 5.91 Å². The van der Waals surface area contributed by atoms with Crippen molar-refractivity contribution in [3.05, 3.63) is 45.0 Å². The number of furan rings is 1. The van der Waals surface area contributed by atoms with Gasteiger partial charge in [-0.25, -0.2) is 0 Å². The molecule has 2 rings (SSSR count). The lowest BCUT2D eigenvalue weighted by atomic mass is 10.2. The first-order valence-electron chi connectivity index (χ1n) is 5.57. The van der Waals surface area contributed by atoms with Crippen molar-refractivity contribution >= 4 is 28.8 Å². The molecule has 0 saturated carbocycles. The van der Waals surface area contributed by atoms with Crippen molar-refractivity contribution in [1.29, 1.82) is 0 Å². The molecule has 0 aromatic carbocycles. The monoisotopic (exact) mass is 283 g/mol. The second-order valence-electron chi connectivity index (χ2n) is 4.15. The molecule has 0 fully saturated rings. The van der Waals surface area contributed by atoms with Gasteiger partial charge in [0.15, 0.2) is 0 Å². The van der Waals surface area contributed by atoms with Crippen LogP contribution in [0.2, 0.25) is 5.22 Å². The van der Waals surface area contributed by atoms with E-state index in [1.54, 1.807) is 29.4 Å². The number of hydrogen-bond donors (Lipinski definition) is 0. The molecule has 0 aliphatic rings. The molecule has 0 aliphatic heterocycles. The Labute approximate surface area is 115 Å². The van der Waals surface area contributed by atoms with Gasteiger partial charge in [-0.1, -0.05) is 0 Å². The fraction of sp³-hybridized carbons (Fsp3) is 0.308. The summed E-state index contributed by atoms with van der Waals surface area (Å²) in [5, 5.41) is 0.140. The van der Waals surface area contributed by atoms with Crippen molar-refractivity contribution in [3.63, 3.8) is 0 Å². The zero-order chi connectivity index (χ0) is 13.3. The first-order chi connectivity index (χ1) is 8.50. The maximum Gasteiger partial charge on any atom is 0.259 e. The molecule has 2 heterocycles. The molecule has 1 amide bonds. The van der Waals surface area contributed by atoms with Crippen molar-refractivity contribution in [2.45, 2.75) is 19.9 Å². The van der Waals surface area contributed by atoms with Crippen molar-refractivity contribution in [2.75, 3.05) is 7.05 Å². The summed E-state index contributed by atoms with van der Waals surface area (Å²) in [6, 6.07) is 5.71. The lowest BCUT2D eigenvalue weighted by Gasteiger charge is -2.23. The number of amides is 1. The lowest BCUT2D eigenvalue weighted by molar-refractivity contribution is 0.0744. The van der Waals surface area contributed by atoms with Gasteiger partial charge in [0.2, 0.25) is 5.22 Å². The molecule has 0 saturated heterocycles. The van der Waals surface area contributed by atoms with Crippen molar-refractivity contribution in [1.82, 2.24) is 4.90 Å². The van der Waals surface area contributed by atoms with E-state index in [9.17, 15) is 4.79 Å². The molecule has 2 aromatic heterocycles. The fourth-order valence-corrected chi connectivity index (χ4v) is 2.85. The quantitative estimate of drug-likeness (QED) is 0.848. The van der Waals surface area contributed by atoms with Crippen LogP contribution < -0.4 is 0 Å². The minimum absolute atomic E-state index is 0.0159. The molecule has 0 N–H and O–H groups in total. The Balaban J connectivity index is 2.19. The first kappa shape index (κ1) is 13.2. The first-order valence-corrected chi connectivity index (χ1v) is 6.76. The van der Waals surface area contributed by atoms with Crippen molar-refractivity contribution in [3.8, 4) is 0 Å². The zero-order valence-electron chi connectivity index (χ0n) is 10.4. The minimum atomic E-state index is -0.132. The smallest absolute Gasteiger partial charge is 0.259 e. The molecule has 0 bridgehead atoms. The average Bonchev–Trinajstić information content (AvgIpc) is 2.95. The Morgan fingerprint density at radius 3 is 2.67 bits per heavy atom. The Morgan fingerprint density at radius 1 is 1.44 bits per heavy atom. The molecule has 1 atom stereocenters. The largest absolute Gasteiger partial charge is 0.452 e. The third-order valence-corrected chi connectivity index (χ3v) is 4.39. The van der Waals surface area contributed by atoms with Gasteiger partial charge in [-0.3, -0.25) is 4.79 Å². The third kappa shape index (κ3) is 2.44. The highest BCUT2D eigenvalue weighted by Crippen LogP contribution is 2.28. The van der Waals surface area contributed by atoms with E-state index in [0.717, 1.165) is 4.88 Å². The summed E-state index contributed by atoms with van der Waals surface area (Å²) in [5.41, 5.74) is 0.402. The lowest BCUT2D eigenvalue weighted by Crippen LogP contribution is -2.29. The summed E-state index contributed by atoms with van der Waals surface area (Å²) in [4.78, 5) is 16.3. The van der Waals surface area contributed by atoms with Crippen LogP contribution in [0.4, 0.5) is 0 Å². The van der Waals surface area contributed by atoms with Crippen LogP contribution in [0, 0.1) is 6.92 Å². The standard InChI is InChI=1S/C13H14ClNO2S/c1-8-4-5-11(18-8)9(2)15(3)13(16)10-6-7-17-12(10)14/h4-7,9H,1-3H3. The maximum atomic E-state index is 12.2. The Morgan fingerprint density at radius 2 is 2.17 bits per heavy atom. The average molecular weight is 284 g/mol. The maximum absolute atomic E-state index is 12.2. The zero-order valence-corrected chi connectivity index (χ0v) is 12.0. The van der Waals surface area contributed by atoms with Crippen LogP contribution in [0.1, 0.15) is 33.1 Å². The summed E-state index contributed by atoms with van der Waals surface area (Å²) in [5.74, 6) is -0.132. The molecular weight excluding hydrogens is 270 g/mol. The van der Waals surface area contributed by atoms with E-state index in [4.69, 9.17) is 16.0 Å². The number of aryl methyl sites for hydroxylation is 1. The van der Waals surface area contributed by atoms with Gasteiger partial charge < -0.3 is 9.32 Å². The second kappa shape index (κ2) is 5.16. The third-order valence-electron chi connectivity index (χ3n) is 2.92. The molecular formula is C13H14ClNO2S.